The maximum Gasteiger partial charge on any atom is 0.254 e. The fourth-order valence-electron chi connectivity index (χ4n) is 2.80. The third-order valence-electron chi connectivity index (χ3n) is 4.14. The number of piperidine rings is 1. The molecule has 0 bridgehead atoms. The lowest BCUT2D eigenvalue weighted by Gasteiger charge is -2.35. The molecule has 2 heterocycles. The van der Waals surface area contributed by atoms with Gasteiger partial charge in [0.05, 0.1) is 11.1 Å². The summed E-state index contributed by atoms with van der Waals surface area (Å²) in [6.07, 6.45) is 2.57. The van der Waals surface area contributed by atoms with E-state index >= 15 is 0 Å². The molecule has 1 fully saturated rings. The molecule has 2 unspecified atom stereocenters. The van der Waals surface area contributed by atoms with E-state index in [0.717, 1.165) is 36.0 Å². The van der Waals surface area contributed by atoms with E-state index in [1.807, 2.05) is 35.2 Å². The zero-order valence-corrected chi connectivity index (χ0v) is 11.6. The number of nitrogens with two attached hydrogens (primary N) is 1. The highest BCUT2D eigenvalue weighted by atomic mass is 16.2. The maximum absolute atomic E-state index is 12.7. The summed E-state index contributed by atoms with van der Waals surface area (Å²) in [4.78, 5) is 18.9. The highest BCUT2D eigenvalue weighted by molar-refractivity contribution is 6.05. The number of aromatic nitrogens is 1. The number of benzene rings is 1. The molecule has 0 spiro atoms. The van der Waals surface area contributed by atoms with Crippen molar-refractivity contribution in [1.29, 1.82) is 0 Å². The van der Waals surface area contributed by atoms with Gasteiger partial charge in [0.25, 0.3) is 5.91 Å². The number of amides is 1. The van der Waals surface area contributed by atoms with Gasteiger partial charge in [-0.1, -0.05) is 25.1 Å². The van der Waals surface area contributed by atoms with Crippen molar-refractivity contribution < 1.29 is 4.79 Å². The summed E-state index contributed by atoms with van der Waals surface area (Å²) in [5.74, 6) is 0.433. The van der Waals surface area contributed by atoms with Crippen LogP contribution in [0.25, 0.3) is 10.9 Å². The Morgan fingerprint density at radius 3 is 2.95 bits per heavy atom. The van der Waals surface area contributed by atoms with Crippen molar-refractivity contribution in [3.05, 3.63) is 42.1 Å². The molecule has 1 aromatic carbocycles. The van der Waals surface area contributed by atoms with Gasteiger partial charge in [-0.3, -0.25) is 9.78 Å². The first-order chi connectivity index (χ1) is 9.66. The van der Waals surface area contributed by atoms with Crippen molar-refractivity contribution in [3.63, 3.8) is 0 Å². The number of fused-ring (bicyclic) bond motifs is 1. The second kappa shape index (κ2) is 5.21. The average molecular weight is 269 g/mol. The number of para-hydroxylation sites is 1. The topological polar surface area (TPSA) is 59.2 Å². The minimum atomic E-state index is 0.0855. The first kappa shape index (κ1) is 13.1. The van der Waals surface area contributed by atoms with E-state index in [4.69, 9.17) is 5.73 Å². The van der Waals surface area contributed by atoms with Crippen LogP contribution in [0.3, 0.4) is 0 Å². The highest BCUT2D eigenvalue weighted by Gasteiger charge is 2.27. The van der Waals surface area contributed by atoms with Gasteiger partial charge < -0.3 is 10.6 Å². The lowest BCUT2D eigenvalue weighted by atomic mass is 9.94. The van der Waals surface area contributed by atoms with E-state index < -0.39 is 0 Å². The van der Waals surface area contributed by atoms with Gasteiger partial charge in [0.15, 0.2) is 0 Å². The Kier molecular flexibility index (Phi) is 3.40. The first-order valence-electron chi connectivity index (χ1n) is 7.05. The van der Waals surface area contributed by atoms with Crippen LogP contribution in [0.15, 0.2) is 36.5 Å². The van der Waals surface area contributed by atoms with Crippen LogP contribution in [0.5, 0.6) is 0 Å². The number of hydrogen-bond donors (Lipinski definition) is 1. The average Bonchev–Trinajstić information content (AvgIpc) is 2.49. The lowest BCUT2D eigenvalue weighted by Crippen LogP contribution is -2.48. The van der Waals surface area contributed by atoms with Crippen LogP contribution in [-0.4, -0.2) is 34.9 Å². The Morgan fingerprint density at radius 1 is 1.35 bits per heavy atom. The Balaban J connectivity index is 1.93. The zero-order chi connectivity index (χ0) is 14.1. The van der Waals surface area contributed by atoms with Crippen LogP contribution in [0.1, 0.15) is 23.7 Å². The second-order valence-electron chi connectivity index (χ2n) is 5.56. The van der Waals surface area contributed by atoms with Gasteiger partial charge >= 0.3 is 0 Å². The molecular formula is C16H19N3O. The molecule has 20 heavy (non-hydrogen) atoms. The normalized spacial score (nSPS) is 23.0. The van der Waals surface area contributed by atoms with Gasteiger partial charge in [-0.15, -0.1) is 0 Å². The molecule has 2 atom stereocenters. The fourth-order valence-corrected chi connectivity index (χ4v) is 2.80. The predicted octanol–water partition coefficient (Wildman–Crippen LogP) is 2.04. The number of rotatable bonds is 1. The number of carbonyl (C=O) groups excluding carboxylic acids is 1. The van der Waals surface area contributed by atoms with E-state index in [0.29, 0.717) is 5.92 Å². The van der Waals surface area contributed by atoms with Gasteiger partial charge in [0.2, 0.25) is 0 Å². The molecule has 2 aromatic rings. The van der Waals surface area contributed by atoms with Gasteiger partial charge in [-0.05, 0) is 24.5 Å². The Hall–Kier alpha value is -1.94. The predicted molar refractivity (Wildman–Crippen MR) is 79.4 cm³/mol. The van der Waals surface area contributed by atoms with Gasteiger partial charge in [0.1, 0.15) is 0 Å². The fraction of sp³-hybridized carbons (Fsp3) is 0.375. The molecule has 0 radical (unpaired) electrons. The summed E-state index contributed by atoms with van der Waals surface area (Å²) in [6.45, 7) is 3.58. The Labute approximate surface area is 118 Å². The Morgan fingerprint density at radius 2 is 2.15 bits per heavy atom. The van der Waals surface area contributed by atoms with Crippen LogP contribution in [0.2, 0.25) is 0 Å². The molecule has 2 N–H and O–H groups in total. The van der Waals surface area contributed by atoms with Gasteiger partial charge in [-0.25, -0.2) is 0 Å². The van der Waals surface area contributed by atoms with E-state index in [1.165, 1.54) is 0 Å². The van der Waals surface area contributed by atoms with Crippen LogP contribution >= 0.6 is 0 Å². The summed E-state index contributed by atoms with van der Waals surface area (Å²) in [5, 5.41) is 0.919. The molecule has 1 amide bonds. The van der Waals surface area contributed by atoms with E-state index in [2.05, 4.69) is 11.9 Å². The van der Waals surface area contributed by atoms with E-state index in [1.54, 1.807) is 6.20 Å². The summed E-state index contributed by atoms with van der Waals surface area (Å²) >= 11 is 0. The van der Waals surface area contributed by atoms with Gasteiger partial charge in [-0.2, -0.15) is 0 Å². The largest absolute Gasteiger partial charge is 0.338 e. The van der Waals surface area contributed by atoms with E-state index in [-0.39, 0.29) is 11.9 Å². The third-order valence-corrected chi connectivity index (χ3v) is 4.14. The van der Waals surface area contributed by atoms with Crippen LogP contribution in [0.4, 0.5) is 0 Å². The molecule has 104 valence electrons. The smallest absolute Gasteiger partial charge is 0.254 e. The molecule has 3 rings (SSSR count). The zero-order valence-electron chi connectivity index (χ0n) is 11.6. The number of hydrogen-bond acceptors (Lipinski definition) is 3. The minimum Gasteiger partial charge on any atom is -0.338 e. The monoisotopic (exact) mass is 269 g/mol. The Bertz CT molecular complexity index is 635. The van der Waals surface area contributed by atoms with Crippen LogP contribution in [-0.2, 0) is 0 Å². The number of pyridine rings is 1. The molecule has 1 aromatic heterocycles. The third kappa shape index (κ3) is 2.27. The molecule has 1 saturated heterocycles. The first-order valence-corrected chi connectivity index (χ1v) is 7.05. The number of nitrogens with zero attached hydrogens (tertiary/aromatic N) is 2. The highest BCUT2D eigenvalue weighted by Crippen LogP contribution is 2.21. The molecule has 0 saturated carbocycles. The maximum atomic E-state index is 12.7. The van der Waals surface area contributed by atoms with Crippen LogP contribution < -0.4 is 5.73 Å². The quantitative estimate of drug-likeness (QED) is 0.862. The van der Waals surface area contributed by atoms with E-state index in [9.17, 15) is 4.79 Å². The van der Waals surface area contributed by atoms with Crippen molar-refractivity contribution in [2.75, 3.05) is 13.1 Å². The molecule has 1 aliphatic heterocycles. The van der Waals surface area contributed by atoms with Crippen molar-refractivity contribution in [1.82, 2.24) is 9.88 Å². The van der Waals surface area contributed by atoms with Crippen molar-refractivity contribution in [2.24, 2.45) is 11.7 Å². The number of likely N-dealkylation sites (tertiary alicyclic amines) is 1. The molecule has 4 nitrogen and oxygen atoms in total. The summed E-state index contributed by atoms with van der Waals surface area (Å²) in [5.41, 5.74) is 7.62. The molecule has 1 aliphatic rings. The molecule has 0 aliphatic carbocycles. The standard InChI is InChI=1S/C16H19N3O/c1-11-10-19(9-7-14(11)17)16(20)13-6-8-18-15-5-3-2-4-12(13)15/h2-6,8,11,14H,7,9-10,17H2,1H3. The summed E-state index contributed by atoms with van der Waals surface area (Å²) in [7, 11) is 0. The minimum absolute atomic E-state index is 0.0855. The van der Waals surface area contributed by atoms with Crippen LogP contribution in [0, 0.1) is 5.92 Å². The second-order valence-corrected chi connectivity index (χ2v) is 5.56. The number of carbonyl (C=O) groups is 1. The van der Waals surface area contributed by atoms with Crippen molar-refractivity contribution in [3.8, 4) is 0 Å². The molecule has 4 heteroatoms. The van der Waals surface area contributed by atoms with Gasteiger partial charge in [0, 0.05) is 30.7 Å². The summed E-state index contributed by atoms with van der Waals surface area (Å²) < 4.78 is 0. The van der Waals surface area contributed by atoms with Crippen molar-refractivity contribution >= 4 is 16.8 Å². The molecular weight excluding hydrogens is 250 g/mol. The summed E-state index contributed by atoms with van der Waals surface area (Å²) in [6, 6.07) is 9.77. The SMILES string of the molecule is CC1CN(C(=O)c2ccnc3ccccc23)CCC1N. The lowest BCUT2D eigenvalue weighted by molar-refractivity contribution is 0.0666. The van der Waals surface area contributed by atoms with Crippen molar-refractivity contribution in [2.45, 2.75) is 19.4 Å².